The molecular weight excluding hydrogens is 190 g/mol. The van der Waals surface area contributed by atoms with Gasteiger partial charge in [0.05, 0.1) is 11.9 Å². The number of amides is 1. The lowest BCUT2D eigenvalue weighted by Gasteiger charge is -2.20. The normalized spacial score (nSPS) is 9.93. The molecular formula is C11H11N3O. The van der Waals surface area contributed by atoms with Gasteiger partial charge in [-0.2, -0.15) is 9.89 Å². The third-order valence-electron chi connectivity index (χ3n) is 1.99. The number of para-hydroxylation sites is 1. The Labute approximate surface area is 87.7 Å². The molecule has 0 saturated carbocycles. The summed E-state index contributed by atoms with van der Waals surface area (Å²) >= 11 is 0. The molecule has 0 saturated heterocycles. The summed E-state index contributed by atoms with van der Waals surface area (Å²) < 4.78 is 0. The van der Waals surface area contributed by atoms with Crippen molar-refractivity contribution >= 4 is 11.6 Å². The van der Waals surface area contributed by atoms with Crippen molar-refractivity contribution in [3.8, 4) is 0 Å². The summed E-state index contributed by atoms with van der Waals surface area (Å²) in [4.78, 5) is 13.0. The number of hydrogen-bond acceptors (Lipinski definition) is 2. The van der Waals surface area contributed by atoms with Crippen LogP contribution < -0.4 is 5.01 Å². The zero-order valence-electron chi connectivity index (χ0n) is 8.37. The van der Waals surface area contributed by atoms with Crippen LogP contribution in [0.2, 0.25) is 0 Å². The SMILES string of the molecule is CC(=O)N(c1ccccc1)n1cccn1. The molecule has 0 unspecified atom stereocenters. The number of anilines is 1. The molecule has 0 radical (unpaired) electrons. The van der Waals surface area contributed by atoms with Crippen molar-refractivity contribution in [1.29, 1.82) is 0 Å². The summed E-state index contributed by atoms with van der Waals surface area (Å²) in [6, 6.07) is 11.2. The van der Waals surface area contributed by atoms with Crippen molar-refractivity contribution in [3.63, 3.8) is 0 Å². The van der Waals surface area contributed by atoms with Gasteiger partial charge >= 0.3 is 0 Å². The number of carbonyl (C=O) groups excluding carboxylic acids is 1. The second kappa shape index (κ2) is 3.96. The Morgan fingerprint density at radius 3 is 2.53 bits per heavy atom. The molecule has 4 heteroatoms. The molecule has 1 heterocycles. The number of nitrogens with zero attached hydrogens (tertiary/aromatic N) is 3. The molecule has 0 aliphatic rings. The second-order valence-corrected chi connectivity index (χ2v) is 3.09. The molecule has 0 fully saturated rings. The highest BCUT2D eigenvalue weighted by Crippen LogP contribution is 2.13. The van der Waals surface area contributed by atoms with Gasteiger partial charge in [-0.3, -0.25) is 4.79 Å². The van der Waals surface area contributed by atoms with E-state index < -0.39 is 0 Å². The topological polar surface area (TPSA) is 38.1 Å². The van der Waals surface area contributed by atoms with Gasteiger partial charge in [-0.1, -0.05) is 18.2 Å². The zero-order chi connectivity index (χ0) is 10.7. The fraction of sp³-hybridized carbons (Fsp3) is 0.0909. The molecule has 0 N–H and O–H groups in total. The van der Waals surface area contributed by atoms with E-state index in [4.69, 9.17) is 0 Å². The van der Waals surface area contributed by atoms with Crippen LogP contribution in [0.15, 0.2) is 48.8 Å². The van der Waals surface area contributed by atoms with E-state index in [-0.39, 0.29) is 5.91 Å². The minimum atomic E-state index is -0.0788. The Morgan fingerprint density at radius 2 is 2.00 bits per heavy atom. The summed E-state index contributed by atoms with van der Waals surface area (Å²) in [5.74, 6) is -0.0788. The van der Waals surface area contributed by atoms with Gasteiger partial charge in [0.1, 0.15) is 0 Å². The van der Waals surface area contributed by atoms with Crippen molar-refractivity contribution in [3.05, 3.63) is 48.8 Å². The van der Waals surface area contributed by atoms with Gasteiger partial charge in [-0.05, 0) is 18.2 Å². The highest BCUT2D eigenvalue weighted by molar-refractivity contribution is 5.90. The van der Waals surface area contributed by atoms with E-state index in [0.29, 0.717) is 0 Å². The maximum atomic E-state index is 11.5. The summed E-state index contributed by atoms with van der Waals surface area (Å²) in [6.07, 6.45) is 3.37. The highest BCUT2D eigenvalue weighted by atomic mass is 16.2. The van der Waals surface area contributed by atoms with E-state index in [1.54, 1.807) is 18.5 Å². The minimum absolute atomic E-state index is 0.0788. The second-order valence-electron chi connectivity index (χ2n) is 3.09. The number of aromatic nitrogens is 2. The first-order chi connectivity index (χ1) is 7.29. The summed E-state index contributed by atoms with van der Waals surface area (Å²) in [7, 11) is 0. The van der Waals surface area contributed by atoms with Crippen LogP contribution in [0.4, 0.5) is 5.69 Å². The smallest absolute Gasteiger partial charge is 0.244 e. The maximum Gasteiger partial charge on any atom is 0.244 e. The monoisotopic (exact) mass is 201 g/mol. The molecule has 1 aromatic heterocycles. The van der Waals surface area contributed by atoms with E-state index in [1.165, 1.54) is 16.7 Å². The van der Waals surface area contributed by atoms with E-state index in [0.717, 1.165) is 5.69 Å². The Hall–Kier alpha value is -2.10. The van der Waals surface area contributed by atoms with Crippen molar-refractivity contribution in [2.75, 3.05) is 5.01 Å². The lowest BCUT2D eigenvalue weighted by molar-refractivity contribution is -0.117. The molecule has 0 bridgehead atoms. The quantitative estimate of drug-likeness (QED) is 0.741. The van der Waals surface area contributed by atoms with Gasteiger partial charge in [0.25, 0.3) is 0 Å². The van der Waals surface area contributed by atoms with Crippen molar-refractivity contribution in [2.45, 2.75) is 6.92 Å². The fourth-order valence-corrected chi connectivity index (χ4v) is 1.39. The lowest BCUT2D eigenvalue weighted by atomic mass is 10.3. The van der Waals surface area contributed by atoms with E-state index >= 15 is 0 Å². The Bertz CT molecular complexity index is 436. The molecule has 1 amide bonds. The van der Waals surface area contributed by atoms with Gasteiger partial charge in [0.15, 0.2) is 0 Å². The average molecular weight is 201 g/mol. The van der Waals surface area contributed by atoms with Crippen molar-refractivity contribution in [1.82, 2.24) is 9.89 Å². The van der Waals surface area contributed by atoms with E-state index in [2.05, 4.69) is 5.10 Å². The summed E-state index contributed by atoms with van der Waals surface area (Å²) in [6.45, 7) is 1.51. The van der Waals surface area contributed by atoms with Crippen molar-refractivity contribution in [2.24, 2.45) is 0 Å². The number of carbonyl (C=O) groups is 1. The van der Waals surface area contributed by atoms with Crippen LogP contribution in [-0.2, 0) is 4.79 Å². The molecule has 0 spiro atoms. The minimum Gasteiger partial charge on any atom is -0.273 e. The summed E-state index contributed by atoms with van der Waals surface area (Å²) in [5.41, 5.74) is 0.800. The molecule has 4 nitrogen and oxygen atoms in total. The standard InChI is InChI=1S/C11H11N3O/c1-10(15)14(13-9-5-8-12-13)11-6-3-2-4-7-11/h2-9H,1H3. The molecule has 15 heavy (non-hydrogen) atoms. The average Bonchev–Trinajstić information content (AvgIpc) is 2.72. The predicted molar refractivity (Wildman–Crippen MR) is 57.2 cm³/mol. The van der Waals surface area contributed by atoms with Gasteiger partial charge in [0.2, 0.25) is 5.91 Å². The molecule has 76 valence electrons. The molecule has 0 aliphatic carbocycles. The molecule has 2 rings (SSSR count). The summed E-state index contributed by atoms with van der Waals surface area (Å²) in [5, 5.41) is 5.54. The van der Waals surface area contributed by atoms with E-state index in [1.807, 2.05) is 30.3 Å². The largest absolute Gasteiger partial charge is 0.273 e. The number of rotatable bonds is 2. The highest BCUT2D eigenvalue weighted by Gasteiger charge is 2.12. The third kappa shape index (κ3) is 1.88. The van der Waals surface area contributed by atoms with Crippen LogP contribution >= 0.6 is 0 Å². The molecule has 0 aliphatic heterocycles. The van der Waals surface area contributed by atoms with Crippen LogP contribution in [-0.4, -0.2) is 15.8 Å². The fourth-order valence-electron chi connectivity index (χ4n) is 1.39. The maximum absolute atomic E-state index is 11.5. The first-order valence-corrected chi connectivity index (χ1v) is 4.65. The van der Waals surface area contributed by atoms with Crippen LogP contribution in [0.1, 0.15) is 6.92 Å². The first kappa shape index (κ1) is 9.45. The molecule has 2 aromatic rings. The molecule has 1 aromatic carbocycles. The van der Waals surface area contributed by atoms with Crippen LogP contribution in [0.3, 0.4) is 0 Å². The first-order valence-electron chi connectivity index (χ1n) is 4.65. The van der Waals surface area contributed by atoms with Crippen LogP contribution in [0.25, 0.3) is 0 Å². The van der Waals surface area contributed by atoms with E-state index in [9.17, 15) is 4.79 Å². The Balaban J connectivity index is 2.42. The lowest BCUT2D eigenvalue weighted by Crippen LogP contribution is -2.34. The Kier molecular flexibility index (Phi) is 2.49. The van der Waals surface area contributed by atoms with Crippen molar-refractivity contribution < 1.29 is 4.79 Å². The van der Waals surface area contributed by atoms with Gasteiger partial charge in [-0.25, -0.2) is 5.01 Å². The zero-order valence-corrected chi connectivity index (χ0v) is 8.37. The van der Waals surface area contributed by atoms with Gasteiger partial charge in [0, 0.05) is 13.1 Å². The van der Waals surface area contributed by atoms with Crippen LogP contribution in [0, 0.1) is 0 Å². The number of benzene rings is 1. The van der Waals surface area contributed by atoms with Crippen LogP contribution in [0.5, 0.6) is 0 Å². The number of hydrogen-bond donors (Lipinski definition) is 0. The third-order valence-corrected chi connectivity index (χ3v) is 1.99. The molecule has 0 atom stereocenters. The van der Waals surface area contributed by atoms with Gasteiger partial charge in [-0.15, -0.1) is 0 Å². The van der Waals surface area contributed by atoms with Gasteiger partial charge < -0.3 is 0 Å². The Morgan fingerprint density at radius 1 is 1.27 bits per heavy atom. The predicted octanol–water partition coefficient (Wildman–Crippen LogP) is 1.70.